The third kappa shape index (κ3) is 6.42. The van der Waals surface area contributed by atoms with E-state index in [2.05, 4.69) is 37.7 Å². The van der Waals surface area contributed by atoms with Gasteiger partial charge in [-0.05, 0) is 51.8 Å². The predicted octanol–water partition coefficient (Wildman–Crippen LogP) is 1.97. The summed E-state index contributed by atoms with van der Waals surface area (Å²) in [4.78, 5) is 5.04. The van der Waals surface area contributed by atoms with Gasteiger partial charge in [-0.3, -0.25) is 4.90 Å². The van der Waals surface area contributed by atoms with E-state index in [1.807, 2.05) is 24.3 Å². The van der Waals surface area contributed by atoms with Gasteiger partial charge in [0.25, 0.3) is 0 Å². The van der Waals surface area contributed by atoms with Gasteiger partial charge < -0.3 is 15.4 Å². The summed E-state index contributed by atoms with van der Waals surface area (Å²) in [5.74, 6) is 0.853. The molecule has 0 aliphatic carbocycles. The van der Waals surface area contributed by atoms with Gasteiger partial charge in [0.15, 0.2) is 0 Å². The molecule has 0 bridgehead atoms. The van der Waals surface area contributed by atoms with Gasteiger partial charge in [-0.1, -0.05) is 19.1 Å². The molecule has 0 spiro atoms. The van der Waals surface area contributed by atoms with E-state index in [1.54, 1.807) is 0 Å². The van der Waals surface area contributed by atoms with Crippen LogP contribution in [0.5, 0.6) is 5.75 Å². The fourth-order valence-corrected chi connectivity index (χ4v) is 2.47. The van der Waals surface area contributed by atoms with Crippen molar-refractivity contribution in [1.82, 2.24) is 9.80 Å². The topological polar surface area (TPSA) is 41.7 Å². The molecule has 0 aliphatic rings. The lowest BCUT2D eigenvalue weighted by Crippen LogP contribution is -2.41. The SMILES string of the molecule is CCN(CCOc1ccc(C(N)=S)cc1)C(C)CN(C)C. The first-order chi connectivity index (χ1) is 9.93. The number of benzene rings is 1. The first-order valence-electron chi connectivity index (χ1n) is 7.35. The molecule has 5 heteroatoms. The Kier molecular flexibility index (Phi) is 7.64. The molecule has 0 radical (unpaired) electrons. The second-order valence-electron chi connectivity index (χ2n) is 5.48. The lowest BCUT2D eigenvalue weighted by Gasteiger charge is -2.29. The Hall–Kier alpha value is -1.17. The van der Waals surface area contributed by atoms with E-state index in [-0.39, 0.29) is 0 Å². The first-order valence-corrected chi connectivity index (χ1v) is 7.76. The standard InChI is InChI=1S/C16H27N3OS/c1-5-19(13(2)12-18(3)4)10-11-20-15-8-6-14(7-9-15)16(17)21/h6-9,13H,5,10-12H2,1-4H3,(H2,17,21). The van der Waals surface area contributed by atoms with Crippen LogP contribution in [0.4, 0.5) is 0 Å². The highest BCUT2D eigenvalue weighted by Crippen LogP contribution is 2.12. The maximum absolute atomic E-state index is 5.79. The van der Waals surface area contributed by atoms with Gasteiger partial charge in [0.05, 0.1) is 0 Å². The average Bonchev–Trinajstić information content (AvgIpc) is 2.43. The largest absolute Gasteiger partial charge is 0.492 e. The summed E-state index contributed by atoms with van der Waals surface area (Å²) in [6, 6.07) is 8.13. The van der Waals surface area contributed by atoms with Gasteiger partial charge in [-0.15, -0.1) is 0 Å². The van der Waals surface area contributed by atoms with Gasteiger partial charge in [0.1, 0.15) is 17.3 Å². The second kappa shape index (κ2) is 8.97. The Balaban J connectivity index is 2.42. The summed E-state index contributed by atoms with van der Waals surface area (Å²) >= 11 is 4.93. The zero-order valence-electron chi connectivity index (χ0n) is 13.5. The van der Waals surface area contributed by atoms with Crippen LogP contribution in [-0.4, -0.2) is 61.2 Å². The Morgan fingerprint density at radius 2 is 1.90 bits per heavy atom. The van der Waals surface area contributed by atoms with Crippen molar-refractivity contribution in [3.8, 4) is 5.75 Å². The van der Waals surface area contributed by atoms with E-state index in [1.165, 1.54) is 0 Å². The van der Waals surface area contributed by atoms with Crippen LogP contribution in [0.3, 0.4) is 0 Å². The molecule has 4 nitrogen and oxygen atoms in total. The molecule has 21 heavy (non-hydrogen) atoms. The molecule has 1 rings (SSSR count). The summed E-state index contributed by atoms with van der Waals surface area (Å²) in [5.41, 5.74) is 6.44. The maximum Gasteiger partial charge on any atom is 0.119 e. The molecule has 1 aromatic carbocycles. The van der Waals surface area contributed by atoms with E-state index in [9.17, 15) is 0 Å². The Morgan fingerprint density at radius 1 is 1.29 bits per heavy atom. The first kappa shape index (κ1) is 17.9. The number of hydrogen-bond acceptors (Lipinski definition) is 4. The van der Waals surface area contributed by atoms with Gasteiger partial charge >= 0.3 is 0 Å². The van der Waals surface area contributed by atoms with Crippen molar-refractivity contribution < 1.29 is 4.74 Å². The number of ether oxygens (including phenoxy) is 1. The van der Waals surface area contributed by atoms with E-state index in [4.69, 9.17) is 22.7 Å². The summed E-state index contributed by atoms with van der Waals surface area (Å²) in [6.07, 6.45) is 0. The van der Waals surface area contributed by atoms with Crippen molar-refractivity contribution in [1.29, 1.82) is 0 Å². The highest BCUT2D eigenvalue weighted by molar-refractivity contribution is 7.80. The van der Waals surface area contributed by atoms with E-state index < -0.39 is 0 Å². The Bertz CT molecular complexity index is 434. The number of nitrogens with two attached hydrogens (primary N) is 1. The molecule has 0 aliphatic heterocycles. The van der Waals surface area contributed by atoms with E-state index in [0.717, 1.165) is 30.9 Å². The normalized spacial score (nSPS) is 12.7. The summed E-state index contributed by atoms with van der Waals surface area (Å²) in [7, 11) is 4.20. The molecular weight excluding hydrogens is 282 g/mol. The van der Waals surface area contributed by atoms with Crippen molar-refractivity contribution in [3.63, 3.8) is 0 Å². The third-order valence-electron chi connectivity index (χ3n) is 3.44. The molecule has 2 N–H and O–H groups in total. The molecule has 118 valence electrons. The molecule has 0 aromatic heterocycles. The molecule has 1 aromatic rings. The lowest BCUT2D eigenvalue weighted by molar-refractivity contribution is 0.152. The summed E-state index contributed by atoms with van der Waals surface area (Å²) < 4.78 is 5.79. The molecule has 0 saturated heterocycles. The minimum atomic E-state index is 0.413. The quantitative estimate of drug-likeness (QED) is 0.706. The van der Waals surface area contributed by atoms with Crippen molar-refractivity contribution in [2.45, 2.75) is 19.9 Å². The van der Waals surface area contributed by atoms with Crippen molar-refractivity contribution in [2.75, 3.05) is 40.3 Å². The zero-order valence-corrected chi connectivity index (χ0v) is 14.3. The van der Waals surface area contributed by atoms with Crippen LogP contribution >= 0.6 is 12.2 Å². The average molecular weight is 309 g/mol. The number of hydrogen-bond donors (Lipinski definition) is 1. The van der Waals surface area contributed by atoms with Crippen molar-refractivity contribution in [2.24, 2.45) is 5.73 Å². The number of likely N-dealkylation sites (N-methyl/N-ethyl adjacent to an activating group) is 2. The molecule has 1 unspecified atom stereocenters. The maximum atomic E-state index is 5.79. The van der Waals surface area contributed by atoms with Crippen molar-refractivity contribution in [3.05, 3.63) is 29.8 Å². The molecular formula is C16H27N3OS. The minimum absolute atomic E-state index is 0.413. The molecule has 0 saturated carbocycles. The number of thiocarbonyl (C=S) groups is 1. The van der Waals surface area contributed by atoms with Crippen LogP contribution in [0, 0.1) is 0 Å². The Morgan fingerprint density at radius 3 is 2.38 bits per heavy atom. The second-order valence-corrected chi connectivity index (χ2v) is 5.92. The highest BCUT2D eigenvalue weighted by atomic mass is 32.1. The van der Waals surface area contributed by atoms with E-state index >= 15 is 0 Å². The van der Waals surface area contributed by atoms with Crippen LogP contribution in [0.1, 0.15) is 19.4 Å². The van der Waals surface area contributed by atoms with Crippen LogP contribution in [-0.2, 0) is 0 Å². The molecule has 0 amide bonds. The fourth-order valence-electron chi connectivity index (χ4n) is 2.33. The van der Waals surface area contributed by atoms with Gasteiger partial charge in [0.2, 0.25) is 0 Å². The highest BCUT2D eigenvalue weighted by Gasteiger charge is 2.12. The third-order valence-corrected chi connectivity index (χ3v) is 3.68. The lowest BCUT2D eigenvalue weighted by atomic mass is 10.2. The fraction of sp³-hybridized carbons (Fsp3) is 0.562. The van der Waals surface area contributed by atoms with Crippen LogP contribution in [0.15, 0.2) is 24.3 Å². The van der Waals surface area contributed by atoms with Gasteiger partial charge in [0, 0.05) is 24.7 Å². The molecule has 0 fully saturated rings. The minimum Gasteiger partial charge on any atom is -0.492 e. The monoisotopic (exact) mass is 309 g/mol. The van der Waals surface area contributed by atoms with E-state index in [0.29, 0.717) is 17.6 Å². The number of rotatable bonds is 9. The van der Waals surface area contributed by atoms with Crippen molar-refractivity contribution >= 4 is 17.2 Å². The summed E-state index contributed by atoms with van der Waals surface area (Å²) in [5, 5.41) is 0. The van der Waals surface area contributed by atoms with Crippen LogP contribution in [0.25, 0.3) is 0 Å². The van der Waals surface area contributed by atoms with Gasteiger partial charge in [-0.25, -0.2) is 0 Å². The van der Waals surface area contributed by atoms with Gasteiger partial charge in [-0.2, -0.15) is 0 Å². The van der Waals surface area contributed by atoms with Crippen LogP contribution in [0.2, 0.25) is 0 Å². The summed E-state index contributed by atoms with van der Waals surface area (Å²) in [6.45, 7) is 8.11. The Labute approximate surface area is 133 Å². The predicted molar refractivity (Wildman–Crippen MR) is 93.1 cm³/mol. The molecule has 1 atom stereocenters. The number of nitrogens with zero attached hydrogens (tertiary/aromatic N) is 2. The van der Waals surface area contributed by atoms with Crippen LogP contribution < -0.4 is 10.5 Å². The molecule has 0 heterocycles. The zero-order chi connectivity index (χ0) is 15.8. The smallest absolute Gasteiger partial charge is 0.119 e.